The summed E-state index contributed by atoms with van der Waals surface area (Å²) in [6.07, 6.45) is -1.84. The number of pyridine rings is 1. The second kappa shape index (κ2) is 7.65. The number of nitrogens with one attached hydrogen (secondary N) is 2. The SMILES string of the molecule is O=C(CNC(=O)c1ccc(Oc2ccc(C(F)(F)F)cn2)cc1)NC1CC1. The number of carbonyl (C=O) groups is 2. The average molecular weight is 379 g/mol. The number of aromatic nitrogens is 1. The van der Waals surface area contributed by atoms with Crippen molar-refractivity contribution in [3.05, 3.63) is 53.7 Å². The van der Waals surface area contributed by atoms with E-state index >= 15 is 0 Å². The maximum absolute atomic E-state index is 12.5. The number of hydrogen-bond acceptors (Lipinski definition) is 4. The van der Waals surface area contributed by atoms with Crippen LogP contribution in [0, 0.1) is 0 Å². The minimum absolute atomic E-state index is 0.00283. The van der Waals surface area contributed by atoms with Gasteiger partial charge in [0.1, 0.15) is 5.75 Å². The number of benzene rings is 1. The highest BCUT2D eigenvalue weighted by atomic mass is 19.4. The van der Waals surface area contributed by atoms with E-state index in [1.807, 2.05) is 0 Å². The molecule has 2 aromatic rings. The number of halogens is 3. The van der Waals surface area contributed by atoms with Crippen molar-refractivity contribution in [3.63, 3.8) is 0 Å². The molecule has 0 saturated heterocycles. The lowest BCUT2D eigenvalue weighted by molar-refractivity contribution is -0.137. The molecule has 9 heteroatoms. The van der Waals surface area contributed by atoms with Gasteiger partial charge in [0.15, 0.2) is 0 Å². The van der Waals surface area contributed by atoms with Gasteiger partial charge >= 0.3 is 6.18 Å². The molecule has 0 unspecified atom stereocenters. The van der Waals surface area contributed by atoms with E-state index in [1.54, 1.807) is 0 Å². The number of amides is 2. The summed E-state index contributed by atoms with van der Waals surface area (Å²) in [6.45, 7) is -0.108. The van der Waals surface area contributed by atoms with Crippen molar-refractivity contribution in [2.45, 2.75) is 25.1 Å². The smallest absolute Gasteiger partial charge is 0.417 e. The third-order valence-electron chi connectivity index (χ3n) is 3.75. The molecule has 6 nitrogen and oxygen atoms in total. The Morgan fingerprint density at radius 3 is 2.37 bits per heavy atom. The second-order valence-corrected chi connectivity index (χ2v) is 6.03. The fourth-order valence-corrected chi connectivity index (χ4v) is 2.17. The fraction of sp³-hybridized carbons (Fsp3) is 0.278. The van der Waals surface area contributed by atoms with Crippen LogP contribution in [0.3, 0.4) is 0 Å². The highest BCUT2D eigenvalue weighted by Crippen LogP contribution is 2.30. The normalized spacial score (nSPS) is 13.7. The lowest BCUT2D eigenvalue weighted by atomic mass is 10.2. The van der Waals surface area contributed by atoms with Crippen LogP contribution < -0.4 is 15.4 Å². The van der Waals surface area contributed by atoms with E-state index in [0.29, 0.717) is 17.5 Å². The summed E-state index contributed by atoms with van der Waals surface area (Å²) < 4.78 is 42.9. The van der Waals surface area contributed by atoms with Crippen LogP contribution in [0.2, 0.25) is 0 Å². The minimum atomic E-state index is -4.46. The van der Waals surface area contributed by atoms with Gasteiger partial charge in [0.25, 0.3) is 5.91 Å². The molecule has 27 heavy (non-hydrogen) atoms. The molecule has 2 amide bonds. The standard InChI is InChI=1S/C18H16F3N3O3/c19-18(20,21)12-3-8-16(22-9-12)27-14-6-1-11(2-7-14)17(26)23-10-15(25)24-13-4-5-13/h1-3,6-9,13H,4-5,10H2,(H,23,26)(H,24,25). The van der Waals surface area contributed by atoms with Gasteiger partial charge in [-0.1, -0.05) is 0 Å². The van der Waals surface area contributed by atoms with E-state index in [9.17, 15) is 22.8 Å². The van der Waals surface area contributed by atoms with Crippen molar-refractivity contribution in [1.82, 2.24) is 15.6 Å². The summed E-state index contributed by atoms with van der Waals surface area (Å²) in [4.78, 5) is 27.2. The molecular weight excluding hydrogens is 363 g/mol. The van der Waals surface area contributed by atoms with Gasteiger partial charge in [-0.05, 0) is 43.2 Å². The molecule has 1 fully saturated rings. The van der Waals surface area contributed by atoms with Crippen molar-refractivity contribution in [1.29, 1.82) is 0 Å². The van der Waals surface area contributed by atoms with Crippen LogP contribution >= 0.6 is 0 Å². The molecule has 1 saturated carbocycles. The first kappa shape index (κ1) is 18.7. The van der Waals surface area contributed by atoms with Crippen LogP contribution in [-0.4, -0.2) is 29.4 Å². The Bertz CT molecular complexity index is 816. The van der Waals surface area contributed by atoms with E-state index in [2.05, 4.69) is 15.6 Å². The molecule has 1 aliphatic rings. The fourth-order valence-electron chi connectivity index (χ4n) is 2.17. The Kier molecular flexibility index (Phi) is 5.29. The maximum Gasteiger partial charge on any atom is 0.417 e. The molecule has 1 aromatic heterocycles. The first-order valence-corrected chi connectivity index (χ1v) is 8.20. The summed E-state index contributed by atoms with van der Waals surface area (Å²) in [7, 11) is 0. The first-order valence-electron chi connectivity index (χ1n) is 8.20. The van der Waals surface area contributed by atoms with Gasteiger partial charge in [-0.25, -0.2) is 4.98 Å². The van der Waals surface area contributed by atoms with Crippen molar-refractivity contribution in [2.75, 3.05) is 6.54 Å². The Hall–Kier alpha value is -3.10. The van der Waals surface area contributed by atoms with Gasteiger partial charge in [0.2, 0.25) is 11.8 Å². The summed E-state index contributed by atoms with van der Waals surface area (Å²) in [5.74, 6) is -0.346. The summed E-state index contributed by atoms with van der Waals surface area (Å²) in [5, 5.41) is 5.27. The third kappa shape index (κ3) is 5.44. The lowest BCUT2D eigenvalue weighted by Gasteiger charge is -2.09. The number of rotatable bonds is 6. The summed E-state index contributed by atoms with van der Waals surface area (Å²) >= 11 is 0. The van der Waals surface area contributed by atoms with Gasteiger partial charge in [-0.2, -0.15) is 13.2 Å². The molecule has 0 aliphatic heterocycles. The zero-order valence-electron chi connectivity index (χ0n) is 14.0. The quantitative estimate of drug-likeness (QED) is 0.809. The van der Waals surface area contributed by atoms with Crippen LogP contribution in [0.15, 0.2) is 42.6 Å². The lowest BCUT2D eigenvalue weighted by Crippen LogP contribution is -2.37. The zero-order chi connectivity index (χ0) is 19.4. The Morgan fingerprint density at radius 1 is 1.11 bits per heavy atom. The Balaban J connectivity index is 1.53. The van der Waals surface area contributed by atoms with Gasteiger partial charge in [0.05, 0.1) is 12.1 Å². The zero-order valence-corrected chi connectivity index (χ0v) is 14.0. The van der Waals surface area contributed by atoms with Crippen LogP contribution in [0.5, 0.6) is 11.6 Å². The molecule has 1 aromatic carbocycles. The Labute approximate surface area is 152 Å². The number of alkyl halides is 3. The molecule has 0 radical (unpaired) electrons. The molecular formula is C18H16F3N3O3. The molecule has 3 rings (SSSR count). The largest absolute Gasteiger partial charge is 0.439 e. The number of ether oxygens (including phenoxy) is 1. The second-order valence-electron chi connectivity index (χ2n) is 6.03. The van der Waals surface area contributed by atoms with Gasteiger partial charge in [0, 0.05) is 23.9 Å². The van der Waals surface area contributed by atoms with Crippen LogP contribution in [-0.2, 0) is 11.0 Å². The predicted molar refractivity (Wildman–Crippen MR) is 89.3 cm³/mol. The van der Waals surface area contributed by atoms with E-state index in [0.717, 1.165) is 25.0 Å². The number of nitrogens with zero attached hydrogens (tertiary/aromatic N) is 1. The summed E-state index contributed by atoms with van der Waals surface area (Å²) in [5.41, 5.74) is -0.547. The molecule has 0 spiro atoms. The van der Waals surface area contributed by atoms with E-state index in [1.165, 1.54) is 24.3 Å². The molecule has 0 bridgehead atoms. The van der Waals surface area contributed by atoms with E-state index in [-0.39, 0.29) is 24.4 Å². The van der Waals surface area contributed by atoms with E-state index < -0.39 is 17.6 Å². The van der Waals surface area contributed by atoms with Crippen molar-refractivity contribution >= 4 is 11.8 Å². The average Bonchev–Trinajstić information content (AvgIpc) is 3.44. The maximum atomic E-state index is 12.5. The van der Waals surface area contributed by atoms with Crippen LogP contribution in [0.25, 0.3) is 0 Å². The molecule has 2 N–H and O–H groups in total. The van der Waals surface area contributed by atoms with Gasteiger partial charge in [-0.3, -0.25) is 9.59 Å². The molecule has 0 atom stereocenters. The topological polar surface area (TPSA) is 80.3 Å². The number of hydrogen-bond donors (Lipinski definition) is 2. The molecule has 142 valence electrons. The van der Waals surface area contributed by atoms with Crippen molar-refractivity contribution < 1.29 is 27.5 Å². The van der Waals surface area contributed by atoms with Crippen LogP contribution in [0.4, 0.5) is 13.2 Å². The molecule has 1 heterocycles. The Morgan fingerprint density at radius 2 is 1.81 bits per heavy atom. The predicted octanol–water partition coefficient (Wildman–Crippen LogP) is 2.90. The van der Waals surface area contributed by atoms with Crippen molar-refractivity contribution in [2.24, 2.45) is 0 Å². The third-order valence-corrected chi connectivity index (χ3v) is 3.75. The van der Waals surface area contributed by atoms with Gasteiger partial charge < -0.3 is 15.4 Å². The van der Waals surface area contributed by atoms with Crippen LogP contribution in [0.1, 0.15) is 28.8 Å². The van der Waals surface area contributed by atoms with E-state index in [4.69, 9.17) is 4.74 Å². The van der Waals surface area contributed by atoms with Crippen molar-refractivity contribution in [3.8, 4) is 11.6 Å². The molecule has 1 aliphatic carbocycles. The first-order chi connectivity index (χ1) is 12.8. The highest BCUT2D eigenvalue weighted by Gasteiger charge is 2.30. The minimum Gasteiger partial charge on any atom is -0.439 e. The highest BCUT2D eigenvalue weighted by molar-refractivity contribution is 5.96. The monoisotopic (exact) mass is 379 g/mol. The number of carbonyl (C=O) groups excluding carboxylic acids is 2. The summed E-state index contributed by atoms with van der Waals surface area (Å²) in [6, 6.07) is 8.14. The van der Waals surface area contributed by atoms with Gasteiger partial charge in [-0.15, -0.1) is 0 Å².